The smallest absolute Gasteiger partial charge is 0.303 e. The lowest BCUT2D eigenvalue weighted by molar-refractivity contribution is -0.156. The fraction of sp³-hybridized carbons (Fsp3) is 0.727. The summed E-state index contributed by atoms with van der Waals surface area (Å²) in [7, 11) is 0. The molecule has 0 saturated carbocycles. The minimum absolute atomic E-state index is 0.0765. The van der Waals surface area contributed by atoms with Gasteiger partial charge in [0.1, 0.15) is 6.10 Å². The average Bonchev–Trinajstić information content (AvgIpc) is 2.62. The second-order valence-corrected chi connectivity index (χ2v) is 4.08. The van der Waals surface area contributed by atoms with E-state index in [9.17, 15) is 4.79 Å². The molecule has 0 amide bonds. The number of rotatable bonds is 2. The molecular weight excluding hydrogens is 180 g/mol. The summed E-state index contributed by atoms with van der Waals surface area (Å²) in [5.41, 5.74) is -0.469. The number of ether oxygens (including phenoxy) is 2. The molecule has 2 rings (SSSR count). The minimum Gasteiger partial charge on any atom is -0.452 e. The molecule has 3 atom stereocenters. The highest BCUT2D eigenvalue weighted by Gasteiger charge is 2.53. The molecule has 2 fully saturated rings. The highest BCUT2D eigenvalue weighted by molar-refractivity contribution is 5.67. The third-order valence-electron chi connectivity index (χ3n) is 2.98. The highest BCUT2D eigenvalue weighted by atomic mass is 16.6. The van der Waals surface area contributed by atoms with E-state index in [1.54, 1.807) is 0 Å². The van der Waals surface area contributed by atoms with Crippen LogP contribution in [0.3, 0.4) is 0 Å². The highest BCUT2D eigenvalue weighted by Crippen LogP contribution is 2.44. The third-order valence-corrected chi connectivity index (χ3v) is 2.98. The molecule has 2 aliphatic heterocycles. The van der Waals surface area contributed by atoms with Crippen molar-refractivity contribution in [3.8, 4) is 0 Å². The van der Waals surface area contributed by atoms with Gasteiger partial charge in [-0.25, -0.2) is 0 Å². The zero-order valence-corrected chi connectivity index (χ0v) is 8.66. The van der Waals surface area contributed by atoms with Crippen LogP contribution in [-0.2, 0) is 14.3 Å². The Bertz CT molecular complexity index is 272. The van der Waals surface area contributed by atoms with Gasteiger partial charge in [0.25, 0.3) is 0 Å². The van der Waals surface area contributed by atoms with Crippen LogP contribution in [0.4, 0.5) is 0 Å². The summed E-state index contributed by atoms with van der Waals surface area (Å²) in [5.74, 6) is -0.223. The van der Waals surface area contributed by atoms with Crippen LogP contribution in [0.25, 0.3) is 0 Å². The number of carbonyl (C=O) groups is 1. The largest absolute Gasteiger partial charge is 0.452 e. The van der Waals surface area contributed by atoms with E-state index in [4.69, 9.17) is 9.47 Å². The first kappa shape index (κ1) is 9.71. The summed E-state index contributed by atoms with van der Waals surface area (Å²) in [5, 5.41) is 0. The predicted molar refractivity (Wildman–Crippen MR) is 51.8 cm³/mol. The van der Waals surface area contributed by atoms with Gasteiger partial charge in [-0.3, -0.25) is 4.79 Å². The van der Waals surface area contributed by atoms with Crippen LogP contribution in [0.15, 0.2) is 12.2 Å². The zero-order valence-electron chi connectivity index (χ0n) is 8.66. The van der Waals surface area contributed by atoms with Gasteiger partial charge in [0.2, 0.25) is 0 Å². The maximum absolute atomic E-state index is 11.0. The van der Waals surface area contributed by atoms with Crippen molar-refractivity contribution in [2.45, 2.75) is 50.9 Å². The van der Waals surface area contributed by atoms with Crippen LogP contribution >= 0.6 is 0 Å². The molecule has 78 valence electrons. The number of hydrogen-bond donors (Lipinski definition) is 0. The Kier molecular flexibility index (Phi) is 2.35. The molecule has 0 N–H and O–H groups in total. The Morgan fingerprint density at radius 1 is 1.57 bits per heavy atom. The number of esters is 1. The van der Waals surface area contributed by atoms with E-state index in [0.717, 1.165) is 19.3 Å². The van der Waals surface area contributed by atoms with Crippen LogP contribution in [0.1, 0.15) is 33.1 Å². The van der Waals surface area contributed by atoms with Crippen molar-refractivity contribution in [1.29, 1.82) is 0 Å². The Hall–Kier alpha value is -0.830. The van der Waals surface area contributed by atoms with E-state index < -0.39 is 5.60 Å². The zero-order chi connectivity index (χ0) is 10.2. The molecule has 0 radical (unpaired) electrons. The van der Waals surface area contributed by atoms with Gasteiger partial charge in [0.05, 0.1) is 6.10 Å². The van der Waals surface area contributed by atoms with Gasteiger partial charge in [-0.1, -0.05) is 6.08 Å². The SMILES string of the molecule is C/C=C/C1(OC(C)=O)CC2CCC1O2. The summed E-state index contributed by atoms with van der Waals surface area (Å²) >= 11 is 0. The minimum atomic E-state index is -0.469. The van der Waals surface area contributed by atoms with Crippen LogP contribution in [0.5, 0.6) is 0 Å². The molecule has 14 heavy (non-hydrogen) atoms. The molecule has 2 saturated heterocycles. The molecule has 0 aliphatic carbocycles. The molecule has 2 bridgehead atoms. The predicted octanol–water partition coefficient (Wildman–Crippen LogP) is 1.82. The molecule has 2 aliphatic rings. The Morgan fingerprint density at radius 2 is 2.36 bits per heavy atom. The van der Waals surface area contributed by atoms with E-state index in [-0.39, 0.29) is 18.2 Å². The molecule has 3 heteroatoms. The molecule has 0 aromatic rings. The summed E-state index contributed by atoms with van der Waals surface area (Å²) in [4.78, 5) is 11.0. The first-order chi connectivity index (χ1) is 6.66. The lowest BCUT2D eigenvalue weighted by atomic mass is 9.84. The van der Waals surface area contributed by atoms with Crippen molar-refractivity contribution in [3.63, 3.8) is 0 Å². The van der Waals surface area contributed by atoms with Crippen molar-refractivity contribution in [2.75, 3.05) is 0 Å². The van der Waals surface area contributed by atoms with E-state index in [1.807, 2.05) is 19.1 Å². The maximum atomic E-state index is 11.0. The van der Waals surface area contributed by atoms with Gasteiger partial charge in [-0.2, -0.15) is 0 Å². The van der Waals surface area contributed by atoms with Gasteiger partial charge >= 0.3 is 5.97 Å². The Morgan fingerprint density at radius 3 is 2.79 bits per heavy atom. The standard InChI is InChI=1S/C11H16O3/c1-3-6-11(14-8(2)12)7-9-4-5-10(11)13-9/h3,6,9-10H,4-5,7H2,1-2H3/b6-3+. The quantitative estimate of drug-likeness (QED) is 0.499. The van der Waals surface area contributed by atoms with Gasteiger partial charge < -0.3 is 9.47 Å². The first-order valence-electron chi connectivity index (χ1n) is 5.15. The molecule has 3 unspecified atom stereocenters. The Labute approximate surface area is 84.1 Å². The number of fused-ring (bicyclic) bond motifs is 2. The van der Waals surface area contributed by atoms with E-state index in [2.05, 4.69) is 0 Å². The maximum Gasteiger partial charge on any atom is 0.303 e. The van der Waals surface area contributed by atoms with Gasteiger partial charge in [0.15, 0.2) is 5.60 Å². The first-order valence-corrected chi connectivity index (χ1v) is 5.15. The van der Waals surface area contributed by atoms with E-state index in [1.165, 1.54) is 6.92 Å². The fourth-order valence-electron chi connectivity index (χ4n) is 2.57. The number of allylic oxidation sites excluding steroid dienone is 1. The second-order valence-electron chi connectivity index (χ2n) is 4.08. The second kappa shape index (κ2) is 3.39. The van der Waals surface area contributed by atoms with Crippen LogP contribution < -0.4 is 0 Å². The molecule has 0 spiro atoms. The molecular formula is C11H16O3. The van der Waals surface area contributed by atoms with Crippen molar-refractivity contribution < 1.29 is 14.3 Å². The summed E-state index contributed by atoms with van der Waals surface area (Å²) in [6.07, 6.45) is 7.20. The van der Waals surface area contributed by atoms with Crippen molar-refractivity contribution in [1.82, 2.24) is 0 Å². The summed E-state index contributed by atoms with van der Waals surface area (Å²) < 4.78 is 11.1. The van der Waals surface area contributed by atoms with E-state index >= 15 is 0 Å². The van der Waals surface area contributed by atoms with Crippen LogP contribution in [0.2, 0.25) is 0 Å². The van der Waals surface area contributed by atoms with Gasteiger partial charge in [0, 0.05) is 13.3 Å². The molecule has 0 aromatic carbocycles. The lowest BCUT2D eigenvalue weighted by Crippen LogP contribution is -2.41. The van der Waals surface area contributed by atoms with Crippen molar-refractivity contribution >= 4 is 5.97 Å². The molecule has 0 aromatic heterocycles. The van der Waals surface area contributed by atoms with E-state index in [0.29, 0.717) is 0 Å². The normalized spacial score (nSPS) is 40.7. The monoisotopic (exact) mass is 196 g/mol. The van der Waals surface area contributed by atoms with Gasteiger partial charge in [-0.15, -0.1) is 0 Å². The molecule has 2 heterocycles. The topological polar surface area (TPSA) is 35.5 Å². The number of carbonyl (C=O) groups excluding carboxylic acids is 1. The third kappa shape index (κ3) is 1.46. The average molecular weight is 196 g/mol. The molecule has 3 nitrogen and oxygen atoms in total. The van der Waals surface area contributed by atoms with Crippen molar-refractivity contribution in [2.24, 2.45) is 0 Å². The van der Waals surface area contributed by atoms with Gasteiger partial charge in [-0.05, 0) is 25.8 Å². The fourth-order valence-corrected chi connectivity index (χ4v) is 2.57. The summed E-state index contributed by atoms with van der Waals surface area (Å²) in [6, 6.07) is 0. The lowest BCUT2D eigenvalue weighted by Gasteiger charge is -2.31. The summed E-state index contributed by atoms with van der Waals surface area (Å²) in [6.45, 7) is 3.40. The van der Waals surface area contributed by atoms with Crippen molar-refractivity contribution in [3.05, 3.63) is 12.2 Å². The van der Waals surface area contributed by atoms with Crippen LogP contribution in [0, 0.1) is 0 Å². The number of hydrogen-bond acceptors (Lipinski definition) is 3. The van der Waals surface area contributed by atoms with Crippen LogP contribution in [-0.4, -0.2) is 23.8 Å². The Balaban J connectivity index is 2.19.